The van der Waals surface area contributed by atoms with Gasteiger partial charge in [-0.25, -0.2) is 9.59 Å². The Kier molecular flexibility index (Phi) is 7.40. The van der Waals surface area contributed by atoms with Gasteiger partial charge in [0, 0.05) is 5.57 Å². The lowest BCUT2D eigenvalue weighted by molar-refractivity contribution is -0.138. The summed E-state index contributed by atoms with van der Waals surface area (Å²) in [6.45, 7) is 5.56. The minimum absolute atomic E-state index is 0.0637. The van der Waals surface area contributed by atoms with Crippen LogP contribution in [0.3, 0.4) is 0 Å². The Morgan fingerprint density at radius 3 is 2.57 bits per heavy atom. The molecule has 162 valence electrons. The lowest BCUT2D eigenvalue weighted by Crippen LogP contribution is -2.33. The van der Waals surface area contributed by atoms with Gasteiger partial charge in [-0.3, -0.25) is 0 Å². The third-order valence-corrected chi connectivity index (χ3v) is 5.20. The number of hydrogen-bond donors (Lipinski definition) is 2. The highest BCUT2D eigenvalue weighted by Gasteiger charge is 2.32. The van der Waals surface area contributed by atoms with Crippen LogP contribution in [0.4, 0.5) is 4.79 Å². The third kappa shape index (κ3) is 5.79. The first kappa shape index (κ1) is 21.8. The standard InChI is InChI=1S/C21H28N4O5/c1-14(2)20(27)29-12-10-22-21(28)30-11-9-15-7-8-19(26)18(13-15)25-23-16-5-3-4-6-17(16)24-25/h3-6,15,18-19,26H,1,7-13H2,2H3,(H,22,28). The van der Waals surface area contributed by atoms with Crippen molar-refractivity contribution in [2.45, 2.75) is 44.8 Å². The Labute approximate surface area is 175 Å². The topological polar surface area (TPSA) is 116 Å². The van der Waals surface area contributed by atoms with Crippen LogP contribution in [0.5, 0.6) is 0 Å². The average Bonchev–Trinajstić information content (AvgIpc) is 3.16. The fourth-order valence-electron chi connectivity index (χ4n) is 3.54. The van der Waals surface area contributed by atoms with E-state index >= 15 is 0 Å². The molecular formula is C21H28N4O5. The number of fused-ring (bicyclic) bond motifs is 1. The summed E-state index contributed by atoms with van der Waals surface area (Å²) in [7, 11) is 0. The second kappa shape index (κ2) is 10.2. The zero-order valence-electron chi connectivity index (χ0n) is 17.1. The highest BCUT2D eigenvalue weighted by molar-refractivity contribution is 5.86. The van der Waals surface area contributed by atoms with Crippen LogP contribution in [-0.4, -0.2) is 58.0 Å². The molecule has 1 fully saturated rings. The van der Waals surface area contributed by atoms with Gasteiger partial charge >= 0.3 is 12.1 Å². The van der Waals surface area contributed by atoms with Crippen molar-refractivity contribution in [3.8, 4) is 0 Å². The molecule has 1 aliphatic carbocycles. The van der Waals surface area contributed by atoms with E-state index in [2.05, 4.69) is 22.1 Å². The Morgan fingerprint density at radius 1 is 1.20 bits per heavy atom. The van der Waals surface area contributed by atoms with E-state index in [-0.39, 0.29) is 25.8 Å². The molecule has 2 aromatic rings. The molecule has 0 radical (unpaired) electrons. The van der Waals surface area contributed by atoms with Gasteiger partial charge in [-0.15, -0.1) is 0 Å². The van der Waals surface area contributed by atoms with E-state index in [4.69, 9.17) is 9.47 Å². The quantitative estimate of drug-likeness (QED) is 0.386. The number of benzene rings is 1. The maximum Gasteiger partial charge on any atom is 0.407 e. The van der Waals surface area contributed by atoms with Crippen LogP contribution >= 0.6 is 0 Å². The van der Waals surface area contributed by atoms with Crippen molar-refractivity contribution in [2.75, 3.05) is 19.8 Å². The number of nitrogens with zero attached hydrogens (tertiary/aromatic N) is 3. The van der Waals surface area contributed by atoms with E-state index in [0.29, 0.717) is 24.3 Å². The van der Waals surface area contributed by atoms with Crippen LogP contribution in [0.15, 0.2) is 36.4 Å². The van der Waals surface area contributed by atoms with Crippen LogP contribution in [0, 0.1) is 5.92 Å². The Morgan fingerprint density at radius 2 is 1.90 bits per heavy atom. The number of carbonyl (C=O) groups is 2. The molecule has 3 unspecified atom stereocenters. The SMILES string of the molecule is C=C(C)C(=O)OCCNC(=O)OCCC1CCC(O)C(n2nc3ccccc3n2)C1. The van der Waals surface area contributed by atoms with Gasteiger partial charge in [0.15, 0.2) is 0 Å². The molecule has 0 saturated heterocycles. The number of esters is 1. The number of hydrogen-bond acceptors (Lipinski definition) is 7. The lowest BCUT2D eigenvalue weighted by atomic mass is 9.82. The van der Waals surface area contributed by atoms with Crippen molar-refractivity contribution in [3.05, 3.63) is 36.4 Å². The van der Waals surface area contributed by atoms with E-state index in [1.807, 2.05) is 24.3 Å². The summed E-state index contributed by atoms with van der Waals surface area (Å²) in [6.07, 6.45) is 1.91. The molecule has 1 aromatic carbocycles. The number of amides is 1. The molecule has 0 aliphatic heterocycles. The smallest absolute Gasteiger partial charge is 0.407 e. The second-order valence-electron chi connectivity index (χ2n) is 7.59. The van der Waals surface area contributed by atoms with Crippen molar-refractivity contribution in [3.63, 3.8) is 0 Å². The Hall–Kier alpha value is -2.94. The zero-order valence-corrected chi connectivity index (χ0v) is 17.1. The van der Waals surface area contributed by atoms with Gasteiger partial charge in [0.25, 0.3) is 0 Å². The molecule has 30 heavy (non-hydrogen) atoms. The number of aliphatic hydroxyl groups excluding tert-OH is 1. The average molecular weight is 416 g/mol. The molecule has 1 saturated carbocycles. The fourth-order valence-corrected chi connectivity index (χ4v) is 3.54. The molecule has 1 heterocycles. The molecule has 2 N–H and O–H groups in total. The van der Waals surface area contributed by atoms with Crippen molar-refractivity contribution < 1.29 is 24.2 Å². The van der Waals surface area contributed by atoms with Gasteiger partial charge in [0.1, 0.15) is 17.6 Å². The number of nitrogens with one attached hydrogen (secondary N) is 1. The van der Waals surface area contributed by atoms with Gasteiger partial charge in [-0.05, 0) is 50.7 Å². The molecule has 0 bridgehead atoms. The summed E-state index contributed by atoms with van der Waals surface area (Å²) in [5.41, 5.74) is 1.92. The summed E-state index contributed by atoms with van der Waals surface area (Å²) in [5, 5.41) is 22.0. The molecule has 9 heteroatoms. The van der Waals surface area contributed by atoms with Crippen molar-refractivity contribution in [1.82, 2.24) is 20.3 Å². The number of carbonyl (C=O) groups excluding carboxylic acids is 2. The molecule has 3 atom stereocenters. The van der Waals surface area contributed by atoms with Crippen molar-refractivity contribution >= 4 is 23.1 Å². The van der Waals surface area contributed by atoms with Crippen LogP contribution < -0.4 is 5.32 Å². The number of aliphatic hydroxyl groups is 1. The van der Waals surface area contributed by atoms with E-state index in [0.717, 1.165) is 23.9 Å². The minimum atomic E-state index is -0.547. The fraction of sp³-hybridized carbons (Fsp3) is 0.524. The number of ether oxygens (including phenoxy) is 2. The van der Waals surface area contributed by atoms with Gasteiger partial charge < -0.3 is 19.9 Å². The van der Waals surface area contributed by atoms with Crippen molar-refractivity contribution in [1.29, 1.82) is 0 Å². The van der Waals surface area contributed by atoms with Crippen LogP contribution in [0.1, 0.15) is 38.6 Å². The molecule has 1 amide bonds. The summed E-state index contributed by atoms with van der Waals surface area (Å²) in [6, 6.07) is 7.44. The first-order valence-corrected chi connectivity index (χ1v) is 10.2. The van der Waals surface area contributed by atoms with Crippen LogP contribution in [0.2, 0.25) is 0 Å². The first-order valence-electron chi connectivity index (χ1n) is 10.2. The third-order valence-electron chi connectivity index (χ3n) is 5.20. The van der Waals surface area contributed by atoms with E-state index in [1.165, 1.54) is 0 Å². The van der Waals surface area contributed by atoms with Gasteiger partial charge in [-0.1, -0.05) is 18.7 Å². The molecule has 3 rings (SSSR count). The lowest BCUT2D eigenvalue weighted by Gasteiger charge is -2.32. The van der Waals surface area contributed by atoms with Crippen LogP contribution in [0.25, 0.3) is 11.0 Å². The molecule has 9 nitrogen and oxygen atoms in total. The number of aromatic nitrogens is 3. The van der Waals surface area contributed by atoms with Crippen molar-refractivity contribution in [2.24, 2.45) is 5.92 Å². The van der Waals surface area contributed by atoms with Gasteiger partial charge in [0.05, 0.1) is 25.3 Å². The largest absolute Gasteiger partial charge is 0.460 e. The molecule has 1 aromatic heterocycles. The van der Waals surface area contributed by atoms with Gasteiger partial charge in [0.2, 0.25) is 0 Å². The van der Waals surface area contributed by atoms with Gasteiger partial charge in [-0.2, -0.15) is 15.0 Å². The molecular weight excluding hydrogens is 388 g/mol. The summed E-state index contributed by atoms with van der Waals surface area (Å²) >= 11 is 0. The Bertz CT molecular complexity index is 863. The first-order chi connectivity index (χ1) is 14.4. The summed E-state index contributed by atoms with van der Waals surface area (Å²) < 4.78 is 10.1. The van der Waals surface area contributed by atoms with Crippen LogP contribution in [-0.2, 0) is 14.3 Å². The Balaban J connectivity index is 1.40. The zero-order chi connectivity index (χ0) is 21.5. The predicted molar refractivity (Wildman–Crippen MR) is 110 cm³/mol. The highest BCUT2D eigenvalue weighted by atomic mass is 16.6. The monoisotopic (exact) mass is 416 g/mol. The maximum atomic E-state index is 11.7. The second-order valence-corrected chi connectivity index (χ2v) is 7.59. The highest BCUT2D eigenvalue weighted by Crippen LogP contribution is 2.34. The summed E-state index contributed by atoms with van der Waals surface area (Å²) in [5.74, 6) is -0.185. The van der Waals surface area contributed by atoms with E-state index in [1.54, 1.807) is 11.7 Å². The normalized spacial score (nSPS) is 21.2. The van der Waals surface area contributed by atoms with E-state index in [9.17, 15) is 14.7 Å². The molecule has 1 aliphatic rings. The predicted octanol–water partition coefficient (Wildman–Crippen LogP) is 2.37. The number of alkyl carbamates (subject to hydrolysis) is 1. The minimum Gasteiger partial charge on any atom is -0.460 e. The summed E-state index contributed by atoms with van der Waals surface area (Å²) in [4.78, 5) is 24.6. The number of rotatable bonds is 8. The molecule has 0 spiro atoms. The maximum absolute atomic E-state index is 11.7. The van der Waals surface area contributed by atoms with E-state index < -0.39 is 18.2 Å².